The topological polar surface area (TPSA) is 99.2 Å². The maximum Gasteiger partial charge on any atom is 0.309 e. The molecule has 0 spiro atoms. The number of benzene rings is 1. The van der Waals surface area contributed by atoms with Gasteiger partial charge in [-0.1, -0.05) is 19.9 Å². The molecule has 6 heteroatoms. The van der Waals surface area contributed by atoms with Crippen LogP contribution in [0.4, 0.5) is 11.4 Å². The van der Waals surface area contributed by atoms with Crippen LogP contribution < -0.4 is 5.32 Å². The van der Waals surface area contributed by atoms with Gasteiger partial charge in [-0.05, 0) is 24.5 Å². The van der Waals surface area contributed by atoms with Crippen LogP contribution in [0.5, 0.6) is 0 Å². The van der Waals surface area contributed by atoms with E-state index in [-0.39, 0.29) is 29.6 Å². The lowest BCUT2D eigenvalue weighted by Crippen LogP contribution is -2.26. The van der Waals surface area contributed by atoms with E-state index >= 15 is 0 Å². The van der Waals surface area contributed by atoms with Crippen molar-refractivity contribution in [1.82, 2.24) is 0 Å². The van der Waals surface area contributed by atoms with Gasteiger partial charge in [-0.2, -0.15) is 5.26 Å². The van der Waals surface area contributed by atoms with E-state index < -0.39 is 4.92 Å². The number of aliphatic hydroxyl groups excluding tert-OH is 1. The Hall–Kier alpha value is -2.13. The van der Waals surface area contributed by atoms with Crippen molar-refractivity contribution in [3.05, 3.63) is 33.9 Å². The van der Waals surface area contributed by atoms with Crippen molar-refractivity contribution in [2.24, 2.45) is 5.92 Å². The molecule has 0 aliphatic carbocycles. The zero-order valence-corrected chi connectivity index (χ0v) is 11.0. The molecule has 0 aromatic heterocycles. The lowest BCUT2D eigenvalue weighted by molar-refractivity contribution is -0.384. The second-order valence-corrected chi connectivity index (χ2v) is 4.72. The van der Waals surface area contributed by atoms with Gasteiger partial charge in [-0.25, -0.2) is 0 Å². The number of nitro groups is 1. The zero-order chi connectivity index (χ0) is 14.4. The Morgan fingerprint density at radius 1 is 1.53 bits per heavy atom. The molecule has 0 heterocycles. The average Bonchev–Trinajstić information content (AvgIpc) is 2.36. The van der Waals surface area contributed by atoms with E-state index in [1.54, 1.807) is 18.2 Å². The standard InChI is InChI=1S/C13H17N3O3/c1-9(2)6-11(8-17)15-12-5-3-4-10(7-14)13(12)16(18)19/h3-5,9,11,15,17H,6,8H2,1-2H3. The predicted molar refractivity (Wildman–Crippen MR) is 71.8 cm³/mol. The van der Waals surface area contributed by atoms with Gasteiger partial charge in [0.15, 0.2) is 0 Å². The molecule has 0 aliphatic rings. The summed E-state index contributed by atoms with van der Waals surface area (Å²) in [4.78, 5) is 10.5. The summed E-state index contributed by atoms with van der Waals surface area (Å²) < 4.78 is 0. The van der Waals surface area contributed by atoms with Crippen LogP contribution in [0.3, 0.4) is 0 Å². The van der Waals surface area contributed by atoms with Crippen LogP contribution in [-0.2, 0) is 0 Å². The van der Waals surface area contributed by atoms with Crippen molar-refractivity contribution < 1.29 is 10.0 Å². The minimum atomic E-state index is -0.579. The Morgan fingerprint density at radius 2 is 2.21 bits per heavy atom. The Morgan fingerprint density at radius 3 is 2.68 bits per heavy atom. The highest BCUT2D eigenvalue weighted by atomic mass is 16.6. The number of rotatable bonds is 6. The number of nitriles is 1. The molecule has 0 amide bonds. The number of hydrogen-bond donors (Lipinski definition) is 2. The molecule has 6 nitrogen and oxygen atoms in total. The SMILES string of the molecule is CC(C)CC(CO)Nc1cccc(C#N)c1[N+](=O)[O-]. The lowest BCUT2D eigenvalue weighted by atomic mass is 10.0. The summed E-state index contributed by atoms with van der Waals surface area (Å²) in [7, 11) is 0. The smallest absolute Gasteiger partial charge is 0.309 e. The predicted octanol–water partition coefficient (Wildman–Crippen LogP) is 2.29. The monoisotopic (exact) mass is 263 g/mol. The molecule has 1 aromatic carbocycles. The summed E-state index contributed by atoms with van der Waals surface area (Å²) in [6.07, 6.45) is 0.685. The van der Waals surface area contributed by atoms with Crippen LogP contribution in [0, 0.1) is 27.4 Å². The number of nitro benzene ring substituents is 1. The van der Waals surface area contributed by atoms with Crippen molar-refractivity contribution >= 4 is 11.4 Å². The molecular formula is C13H17N3O3. The van der Waals surface area contributed by atoms with Gasteiger partial charge in [0.05, 0.1) is 11.5 Å². The molecule has 1 atom stereocenters. The number of nitrogens with zero attached hydrogens (tertiary/aromatic N) is 2. The summed E-state index contributed by atoms with van der Waals surface area (Å²) in [5.74, 6) is 0.350. The van der Waals surface area contributed by atoms with Gasteiger partial charge in [0.1, 0.15) is 17.3 Å². The molecule has 19 heavy (non-hydrogen) atoms. The number of nitrogens with one attached hydrogen (secondary N) is 1. The number of anilines is 1. The van der Waals surface area contributed by atoms with Gasteiger partial charge in [-0.3, -0.25) is 10.1 Å². The first-order valence-corrected chi connectivity index (χ1v) is 6.04. The Bertz CT molecular complexity index is 494. The fraction of sp³-hybridized carbons (Fsp3) is 0.462. The molecular weight excluding hydrogens is 246 g/mol. The Labute approximate surface area is 111 Å². The van der Waals surface area contributed by atoms with Gasteiger partial charge >= 0.3 is 5.69 Å². The molecule has 0 bridgehead atoms. The first kappa shape index (κ1) is 14.9. The third-order valence-corrected chi connectivity index (χ3v) is 2.67. The maximum absolute atomic E-state index is 11.0. The van der Waals surface area contributed by atoms with Crippen LogP contribution in [0.2, 0.25) is 0 Å². The molecule has 1 rings (SSSR count). The molecule has 1 unspecified atom stereocenters. The zero-order valence-electron chi connectivity index (χ0n) is 11.0. The highest BCUT2D eigenvalue weighted by Crippen LogP contribution is 2.29. The Balaban J connectivity index is 3.06. The molecule has 0 saturated carbocycles. The van der Waals surface area contributed by atoms with E-state index in [1.165, 1.54) is 6.07 Å². The first-order chi connectivity index (χ1) is 8.99. The van der Waals surface area contributed by atoms with Gasteiger partial charge in [0.25, 0.3) is 0 Å². The van der Waals surface area contributed by atoms with Gasteiger partial charge in [0, 0.05) is 6.04 Å². The van der Waals surface area contributed by atoms with Crippen molar-refractivity contribution in [3.8, 4) is 6.07 Å². The largest absolute Gasteiger partial charge is 0.394 e. The van der Waals surface area contributed by atoms with Gasteiger partial charge in [0.2, 0.25) is 0 Å². The van der Waals surface area contributed by atoms with E-state index in [2.05, 4.69) is 5.32 Å². The third-order valence-electron chi connectivity index (χ3n) is 2.67. The molecule has 0 aliphatic heterocycles. The molecule has 0 radical (unpaired) electrons. The van der Waals surface area contributed by atoms with Crippen LogP contribution in [0.15, 0.2) is 18.2 Å². The highest BCUT2D eigenvalue weighted by molar-refractivity contribution is 5.68. The normalized spacial score (nSPS) is 11.9. The van der Waals surface area contributed by atoms with Crippen molar-refractivity contribution in [2.75, 3.05) is 11.9 Å². The summed E-state index contributed by atoms with van der Waals surface area (Å²) in [5.41, 5.74) is 0.0344. The van der Waals surface area contributed by atoms with E-state index in [9.17, 15) is 15.2 Å². The minimum Gasteiger partial charge on any atom is -0.394 e. The van der Waals surface area contributed by atoms with Crippen molar-refractivity contribution in [1.29, 1.82) is 5.26 Å². The van der Waals surface area contributed by atoms with E-state index in [0.717, 1.165) is 0 Å². The summed E-state index contributed by atoms with van der Waals surface area (Å²) in [6, 6.07) is 6.06. The fourth-order valence-electron chi connectivity index (χ4n) is 1.91. The summed E-state index contributed by atoms with van der Waals surface area (Å²) >= 11 is 0. The second-order valence-electron chi connectivity index (χ2n) is 4.72. The van der Waals surface area contributed by atoms with Crippen LogP contribution in [0.25, 0.3) is 0 Å². The molecule has 102 valence electrons. The molecule has 2 N–H and O–H groups in total. The van der Waals surface area contributed by atoms with Crippen molar-refractivity contribution in [3.63, 3.8) is 0 Å². The Kier molecular flexibility index (Phi) is 5.27. The van der Waals surface area contributed by atoms with Crippen molar-refractivity contribution in [2.45, 2.75) is 26.3 Å². The molecule has 1 aromatic rings. The molecule has 0 fully saturated rings. The summed E-state index contributed by atoms with van der Waals surface area (Å²) in [6.45, 7) is 3.89. The first-order valence-electron chi connectivity index (χ1n) is 6.04. The molecule has 0 saturated heterocycles. The quantitative estimate of drug-likeness (QED) is 0.606. The van der Waals surface area contributed by atoms with Crippen LogP contribution in [-0.4, -0.2) is 22.7 Å². The van der Waals surface area contributed by atoms with Crippen LogP contribution >= 0.6 is 0 Å². The van der Waals surface area contributed by atoms with E-state index in [1.807, 2.05) is 13.8 Å². The maximum atomic E-state index is 11.0. The average molecular weight is 263 g/mol. The number of para-hydroxylation sites is 1. The summed E-state index contributed by atoms with van der Waals surface area (Å²) in [5, 5.41) is 32.2. The number of hydrogen-bond acceptors (Lipinski definition) is 5. The number of aliphatic hydroxyl groups is 1. The van der Waals surface area contributed by atoms with Crippen LogP contribution in [0.1, 0.15) is 25.8 Å². The van der Waals surface area contributed by atoms with E-state index in [0.29, 0.717) is 12.3 Å². The van der Waals surface area contributed by atoms with Gasteiger partial charge in [-0.15, -0.1) is 0 Å². The lowest BCUT2D eigenvalue weighted by Gasteiger charge is -2.19. The minimum absolute atomic E-state index is 0.0104. The second kappa shape index (κ2) is 6.71. The third kappa shape index (κ3) is 3.93. The fourth-order valence-corrected chi connectivity index (χ4v) is 1.91. The van der Waals surface area contributed by atoms with Gasteiger partial charge < -0.3 is 10.4 Å². The highest BCUT2D eigenvalue weighted by Gasteiger charge is 2.21. The van der Waals surface area contributed by atoms with E-state index in [4.69, 9.17) is 5.26 Å².